The van der Waals surface area contributed by atoms with Crippen molar-refractivity contribution >= 4 is 28.0 Å². The van der Waals surface area contributed by atoms with Crippen LogP contribution in [0.2, 0.25) is 0 Å². The highest BCUT2D eigenvalue weighted by atomic mass is 15.1. The fraction of sp³-hybridized carbons (Fsp3) is 0.167. The predicted molar refractivity (Wildman–Crippen MR) is 90.1 cm³/mol. The maximum Gasteiger partial charge on any atom is 0.0724 e. The first kappa shape index (κ1) is 13.4. The molecule has 2 aromatic carbocycles. The number of nitrogen functional groups attached to an aromatic ring is 1. The van der Waals surface area contributed by atoms with E-state index in [2.05, 4.69) is 41.9 Å². The molecular weight excluding hydrogens is 258 g/mol. The van der Waals surface area contributed by atoms with Crippen molar-refractivity contribution in [2.24, 2.45) is 0 Å². The maximum atomic E-state index is 6.36. The minimum Gasteiger partial charge on any atom is -0.396 e. The van der Waals surface area contributed by atoms with Crippen LogP contribution < -0.4 is 10.6 Å². The molecule has 3 heteroatoms. The zero-order valence-electron chi connectivity index (χ0n) is 12.6. The normalized spacial score (nSPS) is 10.8. The van der Waals surface area contributed by atoms with Gasteiger partial charge in [-0.1, -0.05) is 17.7 Å². The summed E-state index contributed by atoms with van der Waals surface area (Å²) in [6.07, 6.45) is 1.79. The number of benzene rings is 2. The molecule has 0 aliphatic rings. The van der Waals surface area contributed by atoms with Crippen LogP contribution in [0, 0.1) is 13.8 Å². The van der Waals surface area contributed by atoms with Crippen LogP contribution in [0.5, 0.6) is 0 Å². The number of nitrogens with zero attached hydrogens (tertiary/aromatic N) is 2. The molecule has 21 heavy (non-hydrogen) atoms. The van der Waals surface area contributed by atoms with E-state index in [4.69, 9.17) is 5.73 Å². The first-order chi connectivity index (χ1) is 10.1. The Morgan fingerprint density at radius 1 is 1.00 bits per heavy atom. The quantitative estimate of drug-likeness (QED) is 0.714. The second kappa shape index (κ2) is 5.09. The van der Waals surface area contributed by atoms with E-state index in [0.717, 1.165) is 28.0 Å². The Labute approximate surface area is 125 Å². The highest BCUT2D eigenvalue weighted by Gasteiger charge is 2.12. The fourth-order valence-electron chi connectivity index (χ4n) is 2.77. The molecule has 0 spiro atoms. The highest BCUT2D eigenvalue weighted by Crippen LogP contribution is 2.35. The van der Waals surface area contributed by atoms with Gasteiger partial charge in [0.1, 0.15) is 0 Å². The van der Waals surface area contributed by atoms with E-state index in [9.17, 15) is 0 Å². The monoisotopic (exact) mass is 277 g/mol. The van der Waals surface area contributed by atoms with Gasteiger partial charge in [0, 0.05) is 24.3 Å². The summed E-state index contributed by atoms with van der Waals surface area (Å²) in [5, 5.41) is 0.992. The lowest BCUT2D eigenvalue weighted by molar-refractivity contribution is 1.18. The summed E-state index contributed by atoms with van der Waals surface area (Å²) in [6.45, 7) is 4.23. The Kier molecular flexibility index (Phi) is 3.26. The Morgan fingerprint density at radius 3 is 2.52 bits per heavy atom. The number of hydrogen-bond acceptors (Lipinski definition) is 3. The summed E-state index contributed by atoms with van der Waals surface area (Å²) in [5.41, 5.74) is 12.7. The van der Waals surface area contributed by atoms with E-state index in [0.29, 0.717) is 0 Å². The molecule has 0 radical (unpaired) electrons. The topological polar surface area (TPSA) is 42.2 Å². The summed E-state index contributed by atoms with van der Waals surface area (Å²) in [4.78, 5) is 6.48. The van der Waals surface area contributed by atoms with Gasteiger partial charge in [0.05, 0.1) is 16.9 Å². The van der Waals surface area contributed by atoms with Crippen molar-refractivity contribution in [2.45, 2.75) is 13.8 Å². The zero-order chi connectivity index (χ0) is 15.0. The third-order valence-corrected chi connectivity index (χ3v) is 3.88. The van der Waals surface area contributed by atoms with Crippen molar-refractivity contribution in [3.05, 3.63) is 59.8 Å². The largest absolute Gasteiger partial charge is 0.396 e. The number of aromatic nitrogens is 1. The van der Waals surface area contributed by atoms with Crippen LogP contribution in [-0.4, -0.2) is 12.0 Å². The molecule has 0 aliphatic heterocycles. The summed E-state index contributed by atoms with van der Waals surface area (Å²) in [6, 6.07) is 14.4. The molecule has 3 aromatic rings. The van der Waals surface area contributed by atoms with E-state index in [1.54, 1.807) is 6.20 Å². The Balaban J connectivity index is 2.13. The van der Waals surface area contributed by atoms with Crippen molar-refractivity contribution in [1.82, 2.24) is 4.98 Å². The molecule has 0 bridgehead atoms. The van der Waals surface area contributed by atoms with E-state index < -0.39 is 0 Å². The molecule has 0 saturated heterocycles. The van der Waals surface area contributed by atoms with Gasteiger partial charge in [-0.2, -0.15) is 0 Å². The number of pyridine rings is 1. The van der Waals surface area contributed by atoms with Crippen LogP contribution in [0.1, 0.15) is 11.1 Å². The van der Waals surface area contributed by atoms with Gasteiger partial charge in [0.2, 0.25) is 0 Å². The molecular formula is C18H19N3. The van der Waals surface area contributed by atoms with Gasteiger partial charge in [0.25, 0.3) is 0 Å². The average Bonchev–Trinajstić information content (AvgIpc) is 2.47. The lowest BCUT2D eigenvalue weighted by atomic mass is 10.1. The number of anilines is 3. The SMILES string of the molecule is Cc1ccc(N(C)c2ccc3ncccc3c2N)c(C)c1. The summed E-state index contributed by atoms with van der Waals surface area (Å²) >= 11 is 0. The molecule has 0 atom stereocenters. The summed E-state index contributed by atoms with van der Waals surface area (Å²) in [7, 11) is 2.05. The Morgan fingerprint density at radius 2 is 1.76 bits per heavy atom. The lowest BCUT2D eigenvalue weighted by Gasteiger charge is -2.24. The minimum atomic E-state index is 0.767. The van der Waals surface area contributed by atoms with Crippen LogP contribution in [0.4, 0.5) is 17.1 Å². The van der Waals surface area contributed by atoms with Crippen molar-refractivity contribution in [3.8, 4) is 0 Å². The number of hydrogen-bond donors (Lipinski definition) is 1. The second-order valence-electron chi connectivity index (χ2n) is 5.42. The van der Waals surface area contributed by atoms with E-state index in [-0.39, 0.29) is 0 Å². The molecule has 3 rings (SSSR count). The molecule has 2 N–H and O–H groups in total. The third-order valence-electron chi connectivity index (χ3n) is 3.88. The van der Waals surface area contributed by atoms with Crippen LogP contribution in [0.25, 0.3) is 10.9 Å². The second-order valence-corrected chi connectivity index (χ2v) is 5.42. The first-order valence-corrected chi connectivity index (χ1v) is 7.02. The number of aryl methyl sites for hydroxylation is 2. The zero-order valence-corrected chi connectivity index (χ0v) is 12.6. The molecule has 0 amide bonds. The van der Waals surface area contributed by atoms with E-state index >= 15 is 0 Å². The molecule has 3 nitrogen and oxygen atoms in total. The molecule has 1 aromatic heterocycles. The van der Waals surface area contributed by atoms with Crippen LogP contribution in [-0.2, 0) is 0 Å². The smallest absolute Gasteiger partial charge is 0.0724 e. The van der Waals surface area contributed by atoms with Gasteiger partial charge >= 0.3 is 0 Å². The molecule has 1 heterocycles. The molecule has 0 fully saturated rings. The lowest BCUT2D eigenvalue weighted by Crippen LogP contribution is -2.13. The van der Waals surface area contributed by atoms with Gasteiger partial charge in [-0.25, -0.2) is 0 Å². The first-order valence-electron chi connectivity index (χ1n) is 7.02. The molecule has 106 valence electrons. The molecule has 0 aliphatic carbocycles. The highest BCUT2D eigenvalue weighted by molar-refractivity contribution is 5.98. The van der Waals surface area contributed by atoms with Crippen molar-refractivity contribution in [3.63, 3.8) is 0 Å². The number of fused-ring (bicyclic) bond motifs is 1. The fourth-order valence-corrected chi connectivity index (χ4v) is 2.77. The maximum absolute atomic E-state index is 6.36. The summed E-state index contributed by atoms with van der Waals surface area (Å²) in [5.74, 6) is 0. The summed E-state index contributed by atoms with van der Waals surface area (Å²) < 4.78 is 0. The van der Waals surface area contributed by atoms with Gasteiger partial charge in [-0.3, -0.25) is 4.98 Å². The van der Waals surface area contributed by atoms with Crippen molar-refractivity contribution in [2.75, 3.05) is 17.7 Å². The standard InChI is InChI=1S/C18H19N3/c1-12-6-8-16(13(2)11-12)21(3)17-9-7-15-14(18(17)19)5-4-10-20-15/h4-11H,19H2,1-3H3. The van der Waals surface area contributed by atoms with E-state index in [1.807, 2.05) is 31.3 Å². The third kappa shape index (κ3) is 2.31. The van der Waals surface area contributed by atoms with Gasteiger partial charge in [-0.15, -0.1) is 0 Å². The van der Waals surface area contributed by atoms with E-state index in [1.165, 1.54) is 11.1 Å². The molecule has 0 unspecified atom stereocenters. The van der Waals surface area contributed by atoms with Crippen molar-refractivity contribution < 1.29 is 0 Å². The van der Waals surface area contributed by atoms with Crippen LogP contribution in [0.15, 0.2) is 48.7 Å². The minimum absolute atomic E-state index is 0.767. The van der Waals surface area contributed by atoms with Gasteiger partial charge < -0.3 is 10.6 Å². The average molecular weight is 277 g/mol. The van der Waals surface area contributed by atoms with Crippen molar-refractivity contribution in [1.29, 1.82) is 0 Å². The van der Waals surface area contributed by atoms with Crippen LogP contribution in [0.3, 0.4) is 0 Å². The van der Waals surface area contributed by atoms with Crippen LogP contribution >= 0.6 is 0 Å². The van der Waals surface area contributed by atoms with Gasteiger partial charge in [0.15, 0.2) is 0 Å². The van der Waals surface area contributed by atoms with Gasteiger partial charge in [-0.05, 0) is 49.7 Å². The molecule has 0 saturated carbocycles. The number of nitrogens with two attached hydrogens (primary N) is 1. The Bertz CT molecular complexity index is 809. The number of rotatable bonds is 2. The Hall–Kier alpha value is -2.55. The predicted octanol–water partition coefficient (Wildman–Crippen LogP) is 4.20.